The van der Waals surface area contributed by atoms with Crippen molar-refractivity contribution in [2.75, 3.05) is 5.32 Å². The van der Waals surface area contributed by atoms with Crippen LogP contribution in [0.25, 0.3) is 10.1 Å². The van der Waals surface area contributed by atoms with Crippen LogP contribution in [-0.4, -0.2) is 33.8 Å². The van der Waals surface area contributed by atoms with Gasteiger partial charge < -0.3 is 21.1 Å². The number of carbonyl (C=O) groups excluding carboxylic acids is 3. The smallest absolute Gasteiger partial charge is 0.256 e. The van der Waals surface area contributed by atoms with Gasteiger partial charge in [-0.25, -0.2) is 0 Å². The van der Waals surface area contributed by atoms with Gasteiger partial charge in [0.1, 0.15) is 10.0 Å². The van der Waals surface area contributed by atoms with Gasteiger partial charge in [-0.3, -0.25) is 14.4 Å². The average molecular weight is 534 g/mol. The normalized spacial score (nSPS) is 14.1. The summed E-state index contributed by atoms with van der Waals surface area (Å²) < 4.78 is 0.389. The number of amides is 3. The lowest BCUT2D eigenvalue weighted by atomic mass is 9.93. The second-order valence-electron chi connectivity index (χ2n) is 8.66. The Labute approximate surface area is 216 Å². The molecular formula is C25H25Cl2N3O4S. The predicted octanol–water partition coefficient (Wildman–Crippen LogP) is 5.95. The fourth-order valence-corrected chi connectivity index (χ4v) is 6.20. The number of nitrogens with two attached hydrogens (primary N) is 1. The van der Waals surface area contributed by atoms with Crippen LogP contribution >= 0.6 is 34.5 Å². The van der Waals surface area contributed by atoms with E-state index in [2.05, 4.69) is 5.32 Å². The quantitative estimate of drug-likeness (QED) is 0.363. The first-order valence-corrected chi connectivity index (χ1v) is 12.9. The van der Waals surface area contributed by atoms with Gasteiger partial charge in [0.25, 0.3) is 11.8 Å². The lowest BCUT2D eigenvalue weighted by Gasteiger charge is -2.33. The molecule has 1 aromatic heterocycles. The maximum absolute atomic E-state index is 12.9. The van der Waals surface area contributed by atoms with Gasteiger partial charge in [0.05, 0.1) is 15.3 Å². The lowest BCUT2D eigenvalue weighted by molar-refractivity contribution is -0.132. The number of carbonyl (C=O) groups is 3. The average Bonchev–Trinajstić information content (AvgIpc) is 3.19. The van der Waals surface area contributed by atoms with E-state index < -0.39 is 11.8 Å². The highest BCUT2D eigenvalue weighted by Crippen LogP contribution is 2.46. The topological polar surface area (TPSA) is 113 Å². The number of hydrogen-bond donors (Lipinski definition) is 3. The zero-order valence-electron chi connectivity index (χ0n) is 19.1. The third-order valence-electron chi connectivity index (χ3n) is 6.31. The standard InChI is InChI=1S/C25H25Cl2N3O4S/c1-13(31)30(16-5-3-2-4-6-16)12-14-7-9-15(10-8-14)24(34)29-25-19(23(28)33)17-11-18(26)21(32)20(27)22(17)35-25/h7-11,16,32H,2-6,12H2,1H3,(H2,28,33)(H,29,34). The summed E-state index contributed by atoms with van der Waals surface area (Å²) in [6, 6.07) is 8.65. The van der Waals surface area contributed by atoms with Crippen molar-refractivity contribution in [2.45, 2.75) is 51.6 Å². The Morgan fingerprint density at radius 1 is 1.14 bits per heavy atom. The highest BCUT2D eigenvalue weighted by Gasteiger charge is 2.25. The van der Waals surface area contributed by atoms with Gasteiger partial charge in [-0.05, 0) is 36.6 Å². The van der Waals surface area contributed by atoms with Gasteiger partial charge in [0.15, 0.2) is 5.75 Å². The van der Waals surface area contributed by atoms with E-state index in [1.807, 2.05) is 17.0 Å². The monoisotopic (exact) mass is 533 g/mol. The number of phenols is 1. The molecule has 1 aliphatic carbocycles. The number of phenolic OH excluding ortho intramolecular Hbond substituents is 1. The zero-order valence-corrected chi connectivity index (χ0v) is 21.4. The van der Waals surface area contributed by atoms with Crippen molar-refractivity contribution in [1.82, 2.24) is 4.90 Å². The summed E-state index contributed by atoms with van der Waals surface area (Å²) in [4.78, 5) is 39.3. The first-order chi connectivity index (χ1) is 16.7. The molecule has 1 aliphatic rings. The Morgan fingerprint density at radius 3 is 2.40 bits per heavy atom. The van der Waals surface area contributed by atoms with Crippen LogP contribution in [0.2, 0.25) is 10.0 Å². The number of halogens is 2. The molecule has 184 valence electrons. The van der Waals surface area contributed by atoms with Crippen LogP contribution in [0.5, 0.6) is 5.75 Å². The number of rotatable bonds is 6. The molecule has 0 radical (unpaired) electrons. The molecule has 0 saturated heterocycles. The number of fused-ring (bicyclic) bond motifs is 1. The van der Waals surface area contributed by atoms with Crippen LogP contribution in [0, 0.1) is 0 Å². The molecule has 1 heterocycles. The van der Waals surface area contributed by atoms with Gasteiger partial charge in [-0.1, -0.05) is 54.6 Å². The maximum Gasteiger partial charge on any atom is 0.256 e. The number of benzene rings is 2. The number of primary amides is 1. The Kier molecular flexibility index (Phi) is 7.54. The van der Waals surface area contributed by atoms with Crippen molar-refractivity contribution in [1.29, 1.82) is 0 Å². The van der Waals surface area contributed by atoms with Crippen LogP contribution < -0.4 is 11.1 Å². The first kappa shape index (κ1) is 25.3. The highest BCUT2D eigenvalue weighted by atomic mass is 35.5. The Hall–Kier alpha value is -2.81. The van der Waals surface area contributed by atoms with Gasteiger partial charge in [-0.2, -0.15) is 0 Å². The largest absolute Gasteiger partial charge is 0.505 e. The fraction of sp³-hybridized carbons (Fsp3) is 0.320. The SMILES string of the molecule is CC(=O)N(Cc1ccc(C(=O)Nc2sc3c(Cl)c(O)c(Cl)cc3c2C(N)=O)cc1)C1CCCCC1. The number of nitrogens with one attached hydrogen (secondary N) is 1. The van der Waals surface area contributed by atoms with Crippen LogP contribution in [0.1, 0.15) is 65.3 Å². The number of hydrogen-bond acceptors (Lipinski definition) is 5. The molecular weight excluding hydrogens is 509 g/mol. The van der Waals surface area contributed by atoms with Crippen LogP contribution in [0.4, 0.5) is 5.00 Å². The minimum atomic E-state index is -0.758. The number of aromatic hydroxyl groups is 1. The van der Waals surface area contributed by atoms with E-state index in [1.54, 1.807) is 19.1 Å². The van der Waals surface area contributed by atoms with E-state index in [1.165, 1.54) is 12.5 Å². The van der Waals surface area contributed by atoms with Gasteiger partial charge in [0.2, 0.25) is 5.91 Å². The molecule has 3 amide bonds. The summed E-state index contributed by atoms with van der Waals surface area (Å²) in [5, 5.41) is 13.3. The van der Waals surface area contributed by atoms with Crippen LogP contribution in [0.3, 0.4) is 0 Å². The molecule has 0 unspecified atom stereocenters. The molecule has 4 N–H and O–H groups in total. The highest BCUT2D eigenvalue weighted by molar-refractivity contribution is 7.24. The van der Waals surface area contributed by atoms with Crippen molar-refractivity contribution in [2.24, 2.45) is 5.73 Å². The number of thiophene rings is 1. The summed E-state index contributed by atoms with van der Waals surface area (Å²) in [6.07, 6.45) is 5.52. The summed E-state index contributed by atoms with van der Waals surface area (Å²) in [6.45, 7) is 2.09. The molecule has 4 rings (SSSR count). The second kappa shape index (κ2) is 10.4. The molecule has 0 bridgehead atoms. The summed E-state index contributed by atoms with van der Waals surface area (Å²) in [5.41, 5.74) is 6.94. The molecule has 0 atom stereocenters. The van der Waals surface area contributed by atoms with Crippen molar-refractivity contribution < 1.29 is 19.5 Å². The van der Waals surface area contributed by atoms with E-state index in [9.17, 15) is 19.5 Å². The number of anilines is 1. The molecule has 3 aromatic rings. The molecule has 0 spiro atoms. The predicted molar refractivity (Wildman–Crippen MR) is 140 cm³/mol. The van der Waals surface area contributed by atoms with E-state index in [0.717, 1.165) is 42.6 Å². The molecule has 35 heavy (non-hydrogen) atoms. The van der Waals surface area contributed by atoms with E-state index in [0.29, 0.717) is 22.2 Å². The summed E-state index contributed by atoms with van der Waals surface area (Å²) in [5.74, 6) is -1.45. The van der Waals surface area contributed by atoms with Gasteiger partial charge in [-0.15, -0.1) is 11.3 Å². The minimum absolute atomic E-state index is 0.0159. The third kappa shape index (κ3) is 5.24. The molecule has 1 saturated carbocycles. The van der Waals surface area contributed by atoms with E-state index in [4.69, 9.17) is 28.9 Å². The first-order valence-electron chi connectivity index (χ1n) is 11.3. The van der Waals surface area contributed by atoms with E-state index >= 15 is 0 Å². The Balaban J connectivity index is 1.55. The molecule has 0 aliphatic heterocycles. The second-order valence-corrected chi connectivity index (χ2v) is 10.5. The molecule has 7 nitrogen and oxygen atoms in total. The van der Waals surface area contributed by atoms with Crippen LogP contribution in [0.15, 0.2) is 30.3 Å². The van der Waals surface area contributed by atoms with E-state index in [-0.39, 0.29) is 38.3 Å². The van der Waals surface area contributed by atoms with Crippen molar-refractivity contribution >= 4 is 67.3 Å². The lowest BCUT2D eigenvalue weighted by Crippen LogP contribution is -2.39. The van der Waals surface area contributed by atoms with Gasteiger partial charge >= 0.3 is 0 Å². The van der Waals surface area contributed by atoms with Crippen LogP contribution in [-0.2, 0) is 11.3 Å². The van der Waals surface area contributed by atoms with Gasteiger partial charge in [0, 0.05) is 30.5 Å². The Morgan fingerprint density at radius 2 is 1.80 bits per heavy atom. The van der Waals surface area contributed by atoms with Crippen molar-refractivity contribution in [3.8, 4) is 5.75 Å². The maximum atomic E-state index is 12.9. The summed E-state index contributed by atoms with van der Waals surface area (Å²) in [7, 11) is 0. The third-order valence-corrected chi connectivity index (χ3v) is 8.22. The number of nitrogens with zero attached hydrogens (tertiary/aromatic N) is 1. The van der Waals surface area contributed by atoms with Crippen molar-refractivity contribution in [3.05, 3.63) is 57.1 Å². The zero-order chi connectivity index (χ0) is 25.3. The Bertz CT molecular complexity index is 1300. The molecule has 1 fully saturated rings. The van der Waals surface area contributed by atoms with Crippen molar-refractivity contribution in [3.63, 3.8) is 0 Å². The molecule has 10 heteroatoms. The summed E-state index contributed by atoms with van der Waals surface area (Å²) >= 11 is 13.2. The fourth-order valence-electron chi connectivity index (χ4n) is 4.51. The minimum Gasteiger partial charge on any atom is -0.505 e. The molecule has 2 aromatic carbocycles.